The van der Waals surface area contributed by atoms with Gasteiger partial charge in [0.15, 0.2) is 17.2 Å². The first-order valence-corrected chi connectivity index (χ1v) is 9.42. The van der Waals surface area contributed by atoms with E-state index in [1.54, 1.807) is 12.1 Å². The molecule has 28 heavy (non-hydrogen) atoms. The highest BCUT2D eigenvalue weighted by Crippen LogP contribution is 2.32. The Labute approximate surface area is 161 Å². The van der Waals surface area contributed by atoms with Gasteiger partial charge in [-0.2, -0.15) is 0 Å². The van der Waals surface area contributed by atoms with Gasteiger partial charge in [0.1, 0.15) is 6.61 Å². The van der Waals surface area contributed by atoms with Crippen molar-refractivity contribution in [2.75, 3.05) is 11.9 Å². The maximum atomic E-state index is 12.7. The number of nitrogens with zero attached hydrogens (tertiary/aromatic N) is 2. The summed E-state index contributed by atoms with van der Waals surface area (Å²) < 4.78 is 16.3. The molecule has 7 heteroatoms. The molecule has 0 fully saturated rings. The average molecular weight is 377 g/mol. The third-order valence-electron chi connectivity index (χ3n) is 5.15. The number of ether oxygens (including phenoxy) is 2. The zero-order valence-electron chi connectivity index (χ0n) is 15.2. The summed E-state index contributed by atoms with van der Waals surface area (Å²) in [5.74, 6) is 1.10. The quantitative estimate of drug-likeness (QED) is 0.753. The lowest BCUT2D eigenvalue weighted by Gasteiger charge is -2.25. The molecule has 3 aromatic rings. The molecule has 2 heterocycles. The van der Waals surface area contributed by atoms with Crippen LogP contribution in [0.1, 0.15) is 24.0 Å². The second-order valence-electron chi connectivity index (χ2n) is 7.01. The first-order chi connectivity index (χ1) is 13.8. The van der Waals surface area contributed by atoms with E-state index < -0.39 is 6.10 Å². The Balaban J connectivity index is 1.35. The van der Waals surface area contributed by atoms with Gasteiger partial charge in [-0.3, -0.25) is 4.79 Å². The lowest BCUT2D eigenvalue weighted by molar-refractivity contribution is -0.125. The normalized spacial score (nSPS) is 17.6. The number of fused-ring (bicyclic) bond motifs is 2. The lowest BCUT2D eigenvalue weighted by atomic mass is 9.90. The summed E-state index contributed by atoms with van der Waals surface area (Å²) in [7, 11) is 0. The molecule has 2 aliphatic rings. The molecule has 0 spiro atoms. The third-order valence-corrected chi connectivity index (χ3v) is 5.15. The Morgan fingerprint density at radius 1 is 1.00 bits per heavy atom. The molecule has 0 unspecified atom stereocenters. The van der Waals surface area contributed by atoms with Crippen molar-refractivity contribution in [3.63, 3.8) is 0 Å². The number of carbonyl (C=O) groups excluding carboxylic acids is 1. The number of carbonyl (C=O) groups is 1. The van der Waals surface area contributed by atoms with Gasteiger partial charge in [0.2, 0.25) is 11.9 Å². The monoisotopic (exact) mass is 377 g/mol. The van der Waals surface area contributed by atoms with Gasteiger partial charge in [0.25, 0.3) is 5.91 Å². The predicted molar refractivity (Wildman–Crippen MR) is 101 cm³/mol. The Kier molecular flexibility index (Phi) is 4.20. The van der Waals surface area contributed by atoms with Crippen LogP contribution in [0.25, 0.3) is 11.3 Å². The van der Waals surface area contributed by atoms with Crippen LogP contribution in [0.15, 0.2) is 47.1 Å². The molecular weight excluding hydrogens is 358 g/mol. The van der Waals surface area contributed by atoms with Crippen molar-refractivity contribution in [1.82, 2.24) is 10.3 Å². The molecule has 0 radical (unpaired) electrons. The molecule has 0 saturated heterocycles. The number of hydrogen-bond donors (Lipinski definition) is 1. The van der Waals surface area contributed by atoms with Gasteiger partial charge >= 0.3 is 0 Å². The molecule has 1 aliphatic heterocycles. The molecule has 2 aromatic carbocycles. The Bertz CT molecular complexity index is 1030. The minimum atomic E-state index is -0.775. The topological polar surface area (TPSA) is 86.5 Å². The number of anilines is 1. The van der Waals surface area contributed by atoms with Crippen LogP contribution in [0.4, 0.5) is 5.82 Å². The summed E-state index contributed by atoms with van der Waals surface area (Å²) in [6, 6.07) is 13.5. The number of amides is 1. The number of rotatable bonds is 3. The SMILES string of the molecule is O=C(Nc1nonc1-c1ccc2c(c1)CCCC2)[C@@H]1COc2ccccc2O1. The van der Waals surface area contributed by atoms with Gasteiger partial charge in [-0.1, -0.05) is 24.3 Å². The molecule has 1 aliphatic carbocycles. The molecule has 1 aromatic heterocycles. The predicted octanol–water partition coefficient (Wildman–Crippen LogP) is 3.39. The Morgan fingerprint density at radius 2 is 1.82 bits per heavy atom. The van der Waals surface area contributed by atoms with E-state index in [2.05, 4.69) is 27.8 Å². The summed E-state index contributed by atoms with van der Waals surface area (Å²) in [5.41, 5.74) is 4.09. The summed E-state index contributed by atoms with van der Waals surface area (Å²) in [5, 5.41) is 10.6. The van der Waals surface area contributed by atoms with E-state index in [-0.39, 0.29) is 18.3 Å². The zero-order chi connectivity index (χ0) is 18.9. The molecule has 1 amide bonds. The maximum absolute atomic E-state index is 12.7. The van der Waals surface area contributed by atoms with Gasteiger partial charge < -0.3 is 14.8 Å². The number of aromatic nitrogens is 2. The van der Waals surface area contributed by atoms with Crippen molar-refractivity contribution in [3.05, 3.63) is 53.6 Å². The van der Waals surface area contributed by atoms with Gasteiger partial charge in [0, 0.05) is 5.56 Å². The van der Waals surface area contributed by atoms with Crippen LogP contribution < -0.4 is 14.8 Å². The number of para-hydroxylation sites is 2. The number of hydrogen-bond acceptors (Lipinski definition) is 6. The molecule has 0 saturated carbocycles. The molecule has 0 bridgehead atoms. The fraction of sp³-hybridized carbons (Fsp3) is 0.286. The van der Waals surface area contributed by atoms with Crippen molar-refractivity contribution in [2.45, 2.75) is 31.8 Å². The zero-order valence-corrected chi connectivity index (χ0v) is 15.2. The Morgan fingerprint density at radius 3 is 2.71 bits per heavy atom. The van der Waals surface area contributed by atoms with Gasteiger partial charge in [-0.25, -0.2) is 4.63 Å². The van der Waals surface area contributed by atoms with Crippen LogP contribution in [-0.4, -0.2) is 28.9 Å². The maximum Gasteiger partial charge on any atom is 0.270 e. The minimum absolute atomic E-state index is 0.127. The molecule has 5 rings (SSSR count). The highest BCUT2D eigenvalue weighted by atomic mass is 16.6. The number of nitrogens with one attached hydrogen (secondary N) is 1. The lowest BCUT2D eigenvalue weighted by Crippen LogP contribution is -2.40. The third kappa shape index (κ3) is 3.09. The number of benzene rings is 2. The van der Waals surface area contributed by atoms with Gasteiger partial charge in [-0.15, -0.1) is 0 Å². The standard InChI is InChI=1S/C21H19N3O4/c25-21(18-12-26-16-7-3-4-8-17(16)27-18)22-20-19(23-28-24-20)15-10-9-13-5-1-2-6-14(13)11-15/h3-4,7-11,18H,1-2,5-6,12H2,(H,22,24,25)/t18-/m0/s1. The first kappa shape index (κ1) is 16.8. The van der Waals surface area contributed by atoms with E-state index in [4.69, 9.17) is 14.1 Å². The second-order valence-corrected chi connectivity index (χ2v) is 7.01. The minimum Gasteiger partial charge on any atom is -0.485 e. The van der Waals surface area contributed by atoms with Crippen LogP contribution in [0.2, 0.25) is 0 Å². The largest absolute Gasteiger partial charge is 0.485 e. The van der Waals surface area contributed by atoms with Crippen molar-refractivity contribution in [2.24, 2.45) is 0 Å². The summed E-state index contributed by atoms with van der Waals surface area (Å²) in [6.07, 6.45) is 3.81. The van der Waals surface area contributed by atoms with Crippen LogP contribution in [0.5, 0.6) is 11.5 Å². The summed E-state index contributed by atoms with van der Waals surface area (Å²) >= 11 is 0. The molecule has 1 N–H and O–H groups in total. The van der Waals surface area contributed by atoms with Crippen molar-refractivity contribution in [1.29, 1.82) is 0 Å². The van der Waals surface area contributed by atoms with Crippen LogP contribution in [0.3, 0.4) is 0 Å². The summed E-state index contributed by atoms with van der Waals surface area (Å²) in [6.45, 7) is 0.127. The smallest absolute Gasteiger partial charge is 0.270 e. The second kappa shape index (κ2) is 6.99. The van der Waals surface area contributed by atoms with Crippen molar-refractivity contribution in [3.8, 4) is 22.8 Å². The first-order valence-electron chi connectivity index (χ1n) is 9.42. The van der Waals surface area contributed by atoms with Crippen LogP contribution >= 0.6 is 0 Å². The van der Waals surface area contributed by atoms with Crippen LogP contribution in [0, 0.1) is 0 Å². The van der Waals surface area contributed by atoms with Gasteiger partial charge in [-0.05, 0) is 65.3 Å². The van der Waals surface area contributed by atoms with Crippen molar-refractivity contribution >= 4 is 11.7 Å². The fourth-order valence-corrected chi connectivity index (χ4v) is 3.69. The molecule has 142 valence electrons. The van der Waals surface area contributed by atoms with E-state index in [1.165, 1.54) is 24.0 Å². The molecule has 7 nitrogen and oxygen atoms in total. The fourth-order valence-electron chi connectivity index (χ4n) is 3.69. The number of aryl methyl sites for hydroxylation is 2. The molecule has 1 atom stereocenters. The van der Waals surface area contributed by atoms with Crippen molar-refractivity contribution < 1.29 is 18.9 Å². The van der Waals surface area contributed by atoms with E-state index >= 15 is 0 Å². The van der Waals surface area contributed by atoms with Crippen LogP contribution in [-0.2, 0) is 17.6 Å². The highest BCUT2D eigenvalue weighted by molar-refractivity contribution is 5.96. The summed E-state index contributed by atoms with van der Waals surface area (Å²) in [4.78, 5) is 12.7. The van der Waals surface area contributed by atoms with E-state index in [9.17, 15) is 4.79 Å². The van der Waals surface area contributed by atoms with E-state index in [0.717, 1.165) is 18.4 Å². The molecular formula is C21H19N3O4. The highest BCUT2D eigenvalue weighted by Gasteiger charge is 2.29. The Hall–Kier alpha value is -3.35. The van der Waals surface area contributed by atoms with Gasteiger partial charge in [0.05, 0.1) is 0 Å². The van der Waals surface area contributed by atoms with E-state index in [0.29, 0.717) is 17.2 Å². The average Bonchev–Trinajstić information content (AvgIpc) is 3.21. The van der Waals surface area contributed by atoms with E-state index in [1.807, 2.05) is 18.2 Å².